The molecule has 2 rings (SSSR count). The van der Waals surface area contributed by atoms with Crippen molar-refractivity contribution in [3.05, 3.63) is 59.7 Å². The highest BCUT2D eigenvalue weighted by Crippen LogP contribution is 2.30. The van der Waals surface area contributed by atoms with Gasteiger partial charge in [0.25, 0.3) is 5.91 Å². The summed E-state index contributed by atoms with van der Waals surface area (Å²) in [7, 11) is 1.56. The van der Waals surface area contributed by atoms with Crippen molar-refractivity contribution in [2.75, 3.05) is 19.0 Å². The maximum Gasteiger partial charge on any atom is 0.416 e. The minimum Gasteiger partial charge on any atom is -0.497 e. The zero-order chi connectivity index (χ0) is 19.2. The van der Waals surface area contributed by atoms with Gasteiger partial charge in [0.2, 0.25) is 0 Å². The zero-order valence-corrected chi connectivity index (χ0v) is 14.2. The molecule has 2 aromatic carbocycles. The molecule has 0 saturated carbocycles. The lowest BCUT2D eigenvalue weighted by Gasteiger charge is -2.10. The second-order valence-corrected chi connectivity index (χ2v) is 5.39. The number of nitrogens with zero attached hydrogens (tertiary/aromatic N) is 1. The van der Waals surface area contributed by atoms with Crippen LogP contribution in [0.5, 0.6) is 5.75 Å². The zero-order valence-electron chi connectivity index (χ0n) is 14.2. The molecule has 1 amide bonds. The van der Waals surface area contributed by atoms with Gasteiger partial charge in [-0.05, 0) is 55.0 Å². The number of hydrogen-bond donors (Lipinski definition) is 2. The molecular formula is C18H18F3N3O2. The number of carbonyl (C=O) groups is 1. The van der Waals surface area contributed by atoms with E-state index in [2.05, 4.69) is 15.8 Å². The highest BCUT2D eigenvalue weighted by Gasteiger charge is 2.30. The molecule has 0 atom stereocenters. The van der Waals surface area contributed by atoms with Gasteiger partial charge >= 0.3 is 6.18 Å². The Kier molecular flexibility index (Phi) is 6.21. The summed E-state index contributed by atoms with van der Waals surface area (Å²) in [6.45, 7) is 1.52. The molecule has 5 nitrogen and oxygen atoms in total. The Balaban J connectivity index is 1.90. The molecule has 0 bridgehead atoms. The Hall–Kier alpha value is -3.03. The summed E-state index contributed by atoms with van der Waals surface area (Å²) < 4.78 is 43.0. The number of anilines is 1. The van der Waals surface area contributed by atoms with Gasteiger partial charge in [0.05, 0.1) is 24.9 Å². The summed E-state index contributed by atoms with van der Waals surface area (Å²) in [5.74, 6) is 0.228. The summed E-state index contributed by atoms with van der Waals surface area (Å²) >= 11 is 0. The average Bonchev–Trinajstić information content (AvgIpc) is 2.64. The predicted molar refractivity (Wildman–Crippen MR) is 93.3 cm³/mol. The lowest BCUT2D eigenvalue weighted by atomic mass is 10.1. The van der Waals surface area contributed by atoms with Crippen molar-refractivity contribution in [2.45, 2.75) is 13.1 Å². The molecule has 138 valence electrons. The number of nitrogens with one attached hydrogen (secondary N) is 2. The minimum absolute atomic E-state index is 0.200. The Bertz CT molecular complexity index is 787. The van der Waals surface area contributed by atoms with Crippen LogP contribution in [0.3, 0.4) is 0 Å². The third-order valence-electron chi connectivity index (χ3n) is 3.50. The van der Waals surface area contributed by atoms with Crippen LogP contribution in [0.4, 0.5) is 18.9 Å². The molecule has 0 saturated heterocycles. The molecule has 0 radical (unpaired) electrons. The fourth-order valence-corrected chi connectivity index (χ4v) is 2.07. The van der Waals surface area contributed by atoms with Crippen molar-refractivity contribution in [3.8, 4) is 5.75 Å². The average molecular weight is 365 g/mol. The number of hydrazone groups is 1. The minimum atomic E-state index is -4.43. The van der Waals surface area contributed by atoms with Gasteiger partial charge in [-0.2, -0.15) is 18.3 Å². The van der Waals surface area contributed by atoms with E-state index in [4.69, 9.17) is 4.74 Å². The maximum atomic E-state index is 12.7. The van der Waals surface area contributed by atoms with Crippen molar-refractivity contribution in [2.24, 2.45) is 5.10 Å². The van der Waals surface area contributed by atoms with E-state index in [0.717, 1.165) is 17.7 Å². The van der Waals surface area contributed by atoms with E-state index in [-0.39, 0.29) is 12.2 Å². The van der Waals surface area contributed by atoms with Crippen LogP contribution in [0.1, 0.15) is 18.1 Å². The van der Waals surface area contributed by atoms with Crippen molar-refractivity contribution in [3.63, 3.8) is 0 Å². The molecule has 0 unspecified atom stereocenters. The summed E-state index contributed by atoms with van der Waals surface area (Å²) in [5.41, 5.74) is 3.16. The van der Waals surface area contributed by atoms with Crippen LogP contribution >= 0.6 is 0 Å². The Morgan fingerprint density at radius 3 is 2.46 bits per heavy atom. The van der Waals surface area contributed by atoms with Gasteiger partial charge in [-0.25, -0.2) is 5.43 Å². The van der Waals surface area contributed by atoms with E-state index in [0.29, 0.717) is 11.5 Å². The second-order valence-electron chi connectivity index (χ2n) is 5.39. The molecule has 2 aromatic rings. The quantitative estimate of drug-likeness (QED) is 0.607. The van der Waals surface area contributed by atoms with Crippen molar-refractivity contribution in [1.82, 2.24) is 5.43 Å². The molecule has 0 spiro atoms. The summed E-state index contributed by atoms with van der Waals surface area (Å²) in [6, 6.07) is 11.8. The van der Waals surface area contributed by atoms with Crippen molar-refractivity contribution >= 4 is 17.3 Å². The van der Waals surface area contributed by atoms with E-state index in [1.165, 1.54) is 12.1 Å². The van der Waals surface area contributed by atoms with Crippen LogP contribution in [-0.2, 0) is 11.0 Å². The molecule has 0 heterocycles. The van der Waals surface area contributed by atoms with E-state index in [1.807, 2.05) is 0 Å². The van der Waals surface area contributed by atoms with Crippen LogP contribution in [-0.4, -0.2) is 25.3 Å². The summed E-state index contributed by atoms with van der Waals surface area (Å²) in [4.78, 5) is 11.8. The number of alkyl halides is 3. The van der Waals surface area contributed by atoms with Gasteiger partial charge in [0.1, 0.15) is 5.75 Å². The number of benzene rings is 2. The van der Waals surface area contributed by atoms with Crippen molar-refractivity contribution in [1.29, 1.82) is 0 Å². The summed E-state index contributed by atoms with van der Waals surface area (Å²) in [6.07, 6.45) is -4.43. The molecule has 26 heavy (non-hydrogen) atoms. The molecule has 0 aliphatic rings. The van der Waals surface area contributed by atoms with E-state index >= 15 is 0 Å². The summed E-state index contributed by atoms with van der Waals surface area (Å²) in [5, 5.41) is 6.61. The SMILES string of the molecule is COc1ccc(/C(C)=N/NC(=O)CNc2cccc(C(F)(F)F)c2)cc1. The van der Waals surface area contributed by atoms with Crippen LogP contribution in [0.15, 0.2) is 53.6 Å². The predicted octanol–water partition coefficient (Wildman–Crippen LogP) is 3.67. The van der Waals surface area contributed by atoms with E-state index < -0.39 is 17.6 Å². The number of carbonyl (C=O) groups excluding carboxylic acids is 1. The van der Waals surface area contributed by atoms with Gasteiger partial charge in [0, 0.05) is 5.69 Å². The number of halogens is 3. The first-order valence-electron chi connectivity index (χ1n) is 7.68. The van der Waals surface area contributed by atoms with Gasteiger partial charge in [-0.1, -0.05) is 6.07 Å². The number of ether oxygens (including phenoxy) is 1. The third kappa shape index (κ3) is 5.51. The molecule has 0 aromatic heterocycles. The third-order valence-corrected chi connectivity index (χ3v) is 3.50. The molecule has 0 fully saturated rings. The number of methoxy groups -OCH3 is 1. The largest absolute Gasteiger partial charge is 0.497 e. The Morgan fingerprint density at radius 2 is 1.85 bits per heavy atom. The maximum absolute atomic E-state index is 12.7. The van der Waals surface area contributed by atoms with Gasteiger partial charge in [0.15, 0.2) is 0 Å². The Labute approximate surface area is 148 Å². The van der Waals surface area contributed by atoms with Crippen molar-refractivity contribution < 1.29 is 22.7 Å². The van der Waals surface area contributed by atoms with E-state index in [9.17, 15) is 18.0 Å². The van der Waals surface area contributed by atoms with Crippen LogP contribution < -0.4 is 15.5 Å². The smallest absolute Gasteiger partial charge is 0.416 e. The highest BCUT2D eigenvalue weighted by molar-refractivity contribution is 5.99. The van der Waals surface area contributed by atoms with Crippen LogP contribution in [0, 0.1) is 0 Å². The van der Waals surface area contributed by atoms with Crippen LogP contribution in [0.25, 0.3) is 0 Å². The highest BCUT2D eigenvalue weighted by atomic mass is 19.4. The molecular weight excluding hydrogens is 347 g/mol. The van der Waals surface area contributed by atoms with Gasteiger partial charge in [-0.3, -0.25) is 4.79 Å². The topological polar surface area (TPSA) is 62.7 Å². The van der Waals surface area contributed by atoms with Crippen LogP contribution in [0.2, 0.25) is 0 Å². The van der Waals surface area contributed by atoms with E-state index in [1.54, 1.807) is 38.3 Å². The standard InChI is InChI=1S/C18H18F3N3O2/c1-12(13-6-8-16(26-2)9-7-13)23-24-17(25)11-22-15-5-3-4-14(10-15)18(19,20)21/h3-10,22H,11H2,1-2H3,(H,24,25)/b23-12+. The second kappa shape index (κ2) is 8.37. The first-order valence-corrected chi connectivity index (χ1v) is 7.68. The molecule has 0 aliphatic carbocycles. The first kappa shape index (κ1) is 19.3. The number of hydrogen-bond acceptors (Lipinski definition) is 4. The van der Waals surface area contributed by atoms with Gasteiger partial charge < -0.3 is 10.1 Å². The lowest BCUT2D eigenvalue weighted by molar-refractivity contribution is -0.137. The molecule has 8 heteroatoms. The normalized spacial score (nSPS) is 11.8. The fraction of sp³-hybridized carbons (Fsp3) is 0.222. The Morgan fingerprint density at radius 1 is 1.15 bits per heavy atom. The fourth-order valence-electron chi connectivity index (χ4n) is 2.07. The lowest BCUT2D eigenvalue weighted by Crippen LogP contribution is -2.26. The number of amides is 1. The first-order chi connectivity index (χ1) is 12.3. The monoisotopic (exact) mass is 365 g/mol. The molecule has 0 aliphatic heterocycles. The number of rotatable bonds is 6. The molecule has 2 N–H and O–H groups in total. The van der Waals surface area contributed by atoms with Gasteiger partial charge in [-0.15, -0.1) is 0 Å².